The van der Waals surface area contributed by atoms with E-state index in [1.807, 2.05) is 37.6 Å². The van der Waals surface area contributed by atoms with E-state index in [2.05, 4.69) is 15.5 Å². The molecule has 1 N–H and O–H groups in total. The fraction of sp³-hybridized carbons (Fsp3) is 0.167. The molecular weight excluding hydrogens is 371 g/mol. The molecule has 0 bridgehead atoms. The van der Waals surface area contributed by atoms with E-state index < -0.39 is 0 Å². The summed E-state index contributed by atoms with van der Waals surface area (Å²) in [5.74, 6) is 0.439. The second kappa shape index (κ2) is 8.37. The van der Waals surface area contributed by atoms with Gasteiger partial charge in [0, 0.05) is 17.5 Å². The Balaban J connectivity index is 1.65. The monoisotopic (exact) mass is 388 g/mol. The van der Waals surface area contributed by atoms with Gasteiger partial charge in [-0.1, -0.05) is 23.9 Å². The van der Waals surface area contributed by atoms with Crippen molar-refractivity contribution in [1.82, 2.24) is 14.8 Å². The van der Waals surface area contributed by atoms with Crippen molar-refractivity contribution in [3.63, 3.8) is 0 Å². The highest BCUT2D eigenvalue weighted by Gasteiger charge is 2.13. The summed E-state index contributed by atoms with van der Waals surface area (Å²) in [6, 6.07) is 13.7. The summed E-state index contributed by atoms with van der Waals surface area (Å²) in [5, 5.41) is 11.8. The minimum absolute atomic E-state index is 0.108. The molecule has 0 unspecified atom stereocenters. The van der Waals surface area contributed by atoms with Crippen LogP contribution in [0.1, 0.15) is 0 Å². The standard InChI is InChI=1S/C18H17FN4OS2/c1-23-17(12-7-9-13(19)10-8-12)21-22-18(23)26-11-16(24)20-14-5-3-4-6-15(14)25-2/h3-10H,11H2,1-2H3,(H,20,24). The first-order valence-electron chi connectivity index (χ1n) is 7.79. The second-order valence-electron chi connectivity index (χ2n) is 5.41. The van der Waals surface area contributed by atoms with Gasteiger partial charge in [0.1, 0.15) is 5.82 Å². The molecule has 26 heavy (non-hydrogen) atoms. The normalized spacial score (nSPS) is 10.7. The molecule has 0 saturated carbocycles. The number of benzene rings is 2. The molecule has 1 heterocycles. The lowest BCUT2D eigenvalue weighted by Gasteiger charge is -2.09. The molecule has 0 aliphatic heterocycles. The first-order chi connectivity index (χ1) is 12.6. The highest BCUT2D eigenvalue weighted by atomic mass is 32.2. The minimum Gasteiger partial charge on any atom is -0.324 e. The Morgan fingerprint density at radius 3 is 2.62 bits per heavy atom. The number of hydrogen-bond acceptors (Lipinski definition) is 5. The predicted molar refractivity (Wildman–Crippen MR) is 104 cm³/mol. The summed E-state index contributed by atoms with van der Waals surface area (Å²) in [4.78, 5) is 13.3. The van der Waals surface area contributed by atoms with Crippen molar-refractivity contribution < 1.29 is 9.18 Å². The zero-order valence-electron chi connectivity index (χ0n) is 14.3. The number of hydrogen-bond donors (Lipinski definition) is 1. The molecule has 5 nitrogen and oxygen atoms in total. The smallest absolute Gasteiger partial charge is 0.234 e. The molecule has 3 rings (SSSR count). The maximum atomic E-state index is 13.1. The third kappa shape index (κ3) is 4.25. The van der Waals surface area contributed by atoms with Gasteiger partial charge in [-0.2, -0.15) is 0 Å². The van der Waals surface area contributed by atoms with Crippen molar-refractivity contribution in [1.29, 1.82) is 0 Å². The summed E-state index contributed by atoms with van der Waals surface area (Å²) in [7, 11) is 1.82. The number of halogens is 1. The highest BCUT2D eigenvalue weighted by molar-refractivity contribution is 7.99. The van der Waals surface area contributed by atoms with Crippen LogP contribution >= 0.6 is 23.5 Å². The summed E-state index contributed by atoms with van der Waals surface area (Å²) < 4.78 is 14.9. The van der Waals surface area contributed by atoms with Crippen LogP contribution in [-0.2, 0) is 11.8 Å². The average molecular weight is 388 g/mol. The van der Waals surface area contributed by atoms with Crippen LogP contribution in [0.5, 0.6) is 0 Å². The van der Waals surface area contributed by atoms with E-state index in [1.54, 1.807) is 28.5 Å². The molecule has 0 radical (unpaired) electrons. The average Bonchev–Trinajstić information content (AvgIpc) is 3.02. The van der Waals surface area contributed by atoms with Crippen molar-refractivity contribution in [3.05, 3.63) is 54.3 Å². The van der Waals surface area contributed by atoms with Gasteiger partial charge in [0.15, 0.2) is 11.0 Å². The number of para-hydroxylation sites is 1. The molecule has 0 fully saturated rings. The predicted octanol–water partition coefficient (Wildman–Crippen LogP) is 4.07. The number of thioether (sulfide) groups is 2. The third-order valence-corrected chi connectivity index (χ3v) is 5.47. The Morgan fingerprint density at radius 2 is 1.88 bits per heavy atom. The largest absolute Gasteiger partial charge is 0.324 e. The third-order valence-electron chi connectivity index (χ3n) is 3.65. The van der Waals surface area contributed by atoms with Crippen molar-refractivity contribution in [3.8, 4) is 11.4 Å². The molecule has 1 aromatic heterocycles. The summed E-state index contributed by atoms with van der Waals surface area (Å²) in [6.45, 7) is 0. The van der Waals surface area contributed by atoms with Gasteiger partial charge in [-0.25, -0.2) is 4.39 Å². The topological polar surface area (TPSA) is 59.8 Å². The molecule has 8 heteroatoms. The number of aromatic nitrogens is 3. The van der Waals surface area contributed by atoms with Gasteiger partial charge < -0.3 is 9.88 Å². The lowest BCUT2D eigenvalue weighted by molar-refractivity contribution is -0.113. The van der Waals surface area contributed by atoms with E-state index in [4.69, 9.17) is 0 Å². The van der Waals surface area contributed by atoms with Gasteiger partial charge >= 0.3 is 0 Å². The Bertz CT molecular complexity index is 912. The SMILES string of the molecule is CSc1ccccc1NC(=O)CSc1nnc(-c2ccc(F)cc2)n1C. The van der Waals surface area contributed by atoms with Crippen LogP contribution < -0.4 is 5.32 Å². The van der Waals surface area contributed by atoms with Crippen LogP contribution in [0.2, 0.25) is 0 Å². The zero-order chi connectivity index (χ0) is 18.5. The molecule has 0 atom stereocenters. The number of nitrogens with one attached hydrogen (secondary N) is 1. The number of anilines is 1. The van der Waals surface area contributed by atoms with E-state index in [9.17, 15) is 9.18 Å². The van der Waals surface area contributed by atoms with Gasteiger partial charge in [-0.15, -0.1) is 22.0 Å². The molecule has 0 saturated heterocycles. The molecular formula is C18H17FN4OS2. The number of rotatable bonds is 6. The Hall–Kier alpha value is -2.32. The van der Waals surface area contributed by atoms with Crippen LogP contribution in [0.25, 0.3) is 11.4 Å². The molecule has 134 valence electrons. The van der Waals surface area contributed by atoms with Crippen molar-refractivity contribution in [2.45, 2.75) is 10.1 Å². The number of carbonyl (C=O) groups excluding carboxylic acids is 1. The number of nitrogens with zero attached hydrogens (tertiary/aromatic N) is 3. The Labute approximate surface area is 159 Å². The lowest BCUT2D eigenvalue weighted by Crippen LogP contribution is -2.15. The molecule has 0 aliphatic rings. The van der Waals surface area contributed by atoms with Crippen molar-refractivity contribution >= 4 is 35.1 Å². The maximum absolute atomic E-state index is 13.1. The molecule has 0 spiro atoms. The van der Waals surface area contributed by atoms with Gasteiger partial charge in [-0.05, 0) is 42.7 Å². The Kier molecular flexibility index (Phi) is 5.95. The van der Waals surface area contributed by atoms with Crippen molar-refractivity contribution in [2.24, 2.45) is 7.05 Å². The molecule has 0 aliphatic carbocycles. The van der Waals surface area contributed by atoms with Crippen LogP contribution in [0, 0.1) is 5.82 Å². The molecule has 3 aromatic rings. The lowest BCUT2D eigenvalue weighted by atomic mass is 10.2. The summed E-state index contributed by atoms with van der Waals surface area (Å²) >= 11 is 2.88. The Morgan fingerprint density at radius 1 is 1.15 bits per heavy atom. The fourth-order valence-corrected chi connectivity index (χ4v) is 3.62. The van der Waals surface area contributed by atoms with E-state index in [0.29, 0.717) is 11.0 Å². The second-order valence-corrected chi connectivity index (χ2v) is 7.20. The quantitative estimate of drug-likeness (QED) is 0.645. The first-order valence-corrected chi connectivity index (χ1v) is 10.0. The first kappa shape index (κ1) is 18.5. The fourth-order valence-electron chi connectivity index (χ4n) is 2.36. The number of amides is 1. The van der Waals surface area contributed by atoms with Gasteiger partial charge in [-0.3, -0.25) is 4.79 Å². The van der Waals surface area contributed by atoms with E-state index in [1.165, 1.54) is 23.9 Å². The highest BCUT2D eigenvalue weighted by Crippen LogP contribution is 2.26. The zero-order valence-corrected chi connectivity index (χ0v) is 15.9. The van der Waals surface area contributed by atoms with Crippen LogP contribution in [0.4, 0.5) is 10.1 Å². The van der Waals surface area contributed by atoms with E-state index in [-0.39, 0.29) is 17.5 Å². The van der Waals surface area contributed by atoms with Crippen LogP contribution in [0.3, 0.4) is 0 Å². The van der Waals surface area contributed by atoms with Crippen molar-refractivity contribution in [2.75, 3.05) is 17.3 Å². The number of carbonyl (C=O) groups is 1. The molecule has 1 amide bonds. The summed E-state index contributed by atoms with van der Waals surface area (Å²) in [6.07, 6.45) is 1.97. The van der Waals surface area contributed by atoms with E-state index in [0.717, 1.165) is 16.1 Å². The van der Waals surface area contributed by atoms with Gasteiger partial charge in [0.25, 0.3) is 0 Å². The summed E-state index contributed by atoms with van der Waals surface area (Å²) in [5.41, 5.74) is 1.57. The van der Waals surface area contributed by atoms with Gasteiger partial charge in [0.05, 0.1) is 11.4 Å². The van der Waals surface area contributed by atoms with Crippen LogP contribution in [0.15, 0.2) is 58.6 Å². The van der Waals surface area contributed by atoms with E-state index >= 15 is 0 Å². The molecule has 2 aromatic carbocycles. The maximum Gasteiger partial charge on any atom is 0.234 e. The van der Waals surface area contributed by atoms with Gasteiger partial charge in [0.2, 0.25) is 5.91 Å². The minimum atomic E-state index is -0.298. The van der Waals surface area contributed by atoms with Crippen LogP contribution in [-0.4, -0.2) is 32.7 Å².